The number of sulfone groups is 1. The van der Waals surface area contributed by atoms with Crippen molar-refractivity contribution in [2.75, 3.05) is 23.9 Å². The molecule has 4 rings (SSSR count). The van der Waals surface area contributed by atoms with E-state index in [0.717, 1.165) is 17.6 Å². The number of rotatable bonds is 9. The van der Waals surface area contributed by atoms with Crippen LogP contribution in [0.15, 0.2) is 54.2 Å². The Bertz CT molecular complexity index is 1310. The van der Waals surface area contributed by atoms with Crippen LogP contribution >= 0.6 is 0 Å². The minimum atomic E-state index is -3.01. The SMILES string of the molecule is CC1=Cc2c(ccc(Oc3ccnc(Nc4cccc(OCCCS(C)(=O)=O)c4)n3)c2F)C1. The molecule has 0 saturated heterocycles. The van der Waals surface area contributed by atoms with E-state index in [9.17, 15) is 12.8 Å². The van der Waals surface area contributed by atoms with Crippen LogP contribution in [0.1, 0.15) is 24.5 Å². The maximum absolute atomic E-state index is 14.8. The van der Waals surface area contributed by atoms with Gasteiger partial charge in [0.05, 0.1) is 12.4 Å². The molecule has 0 atom stereocenters. The van der Waals surface area contributed by atoms with E-state index in [1.807, 2.05) is 25.1 Å². The zero-order valence-electron chi connectivity index (χ0n) is 18.3. The molecule has 0 saturated carbocycles. The largest absolute Gasteiger partial charge is 0.493 e. The van der Waals surface area contributed by atoms with Crippen molar-refractivity contribution in [1.29, 1.82) is 0 Å². The number of hydrogen-bond donors (Lipinski definition) is 1. The van der Waals surface area contributed by atoms with Gasteiger partial charge in [0.25, 0.3) is 0 Å². The summed E-state index contributed by atoms with van der Waals surface area (Å²) in [6, 6.07) is 12.2. The minimum absolute atomic E-state index is 0.0757. The zero-order chi connectivity index (χ0) is 23.4. The number of halogens is 1. The van der Waals surface area contributed by atoms with Gasteiger partial charge in [-0.3, -0.25) is 0 Å². The molecule has 1 aliphatic carbocycles. The van der Waals surface area contributed by atoms with Crippen molar-refractivity contribution >= 4 is 27.5 Å². The molecule has 0 radical (unpaired) electrons. The van der Waals surface area contributed by atoms with Gasteiger partial charge in [-0.05, 0) is 43.5 Å². The number of benzene rings is 2. The monoisotopic (exact) mass is 469 g/mol. The van der Waals surface area contributed by atoms with Gasteiger partial charge in [0, 0.05) is 35.8 Å². The summed E-state index contributed by atoms with van der Waals surface area (Å²) in [6.07, 6.45) is 5.71. The van der Waals surface area contributed by atoms with Crippen LogP contribution in [0.2, 0.25) is 0 Å². The van der Waals surface area contributed by atoms with Crippen LogP contribution in [0.3, 0.4) is 0 Å². The van der Waals surface area contributed by atoms with Crippen molar-refractivity contribution in [3.05, 3.63) is 71.2 Å². The molecular weight excluding hydrogens is 445 g/mol. The topological polar surface area (TPSA) is 90.4 Å². The Labute approximate surface area is 192 Å². The molecule has 0 fully saturated rings. The van der Waals surface area contributed by atoms with Crippen molar-refractivity contribution < 1.29 is 22.3 Å². The van der Waals surface area contributed by atoms with E-state index in [2.05, 4.69) is 15.3 Å². The van der Waals surface area contributed by atoms with E-state index in [1.54, 1.807) is 30.3 Å². The molecule has 172 valence electrons. The molecule has 33 heavy (non-hydrogen) atoms. The van der Waals surface area contributed by atoms with Crippen LogP contribution in [0.25, 0.3) is 6.08 Å². The van der Waals surface area contributed by atoms with Gasteiger partial charge in [0.2, 0.25) is 11.8 Å². The lowest BCUT2D eigenvalue weighted by molar-refractivity contribution is 0.318. The Morgan fingerprint density at radius 2 is 2.03 bits per heavy atom. The van der Waals surface area contributed by atoms with Gasteiger partial charge < -0.3 is 14.8 Å². The third-order valence-corrected chi connectivity index (χ3v) is 5.99. The molecule has 0 amide bonds. The molecule has 0 bridgehead atoms. The highest BCUT2D eigenvalue weighted by Gasteiger charge is 2.18. The minimum Gasteiger partial charge on any atom is -0.493 e. The third kappa shape index (κ3) is 6.07. The number of fused-ring (bicyclic) bond motifs is 1. The summed E-state index contributed by atoms with van der Waals surface area (Å²) >= 11 is 0. The summed E-state index contributed by atoms with van der Waals surface area (Å²) < 4.78 is 48.6. The first-order valence-corrected chi connectivity index (χ1v) is 12.5. The summed E-state index contributed by atoms with van der Waals surface area (Å²) in [6.45, 7) is 2.26. The number of nitrogens with one attached hydrogen (secondary N) is 1. The van der Waals surface area contributed by atoms with Crippen molar-refractivity contribution in [2.45, 2.75) is 19.8 Å². The maximum atomic E-state index is 14.8. The Morgan fingerprint density at radius 1 is 1.18 bits per heavy atom. The fourth-order valence-corrected chi connectivity index (χ4v) is 4.12. The highest BCUT2D eigenvalue weighted by Crippen LogP contribution is 2.34. The summed E-state index contributed by atoms with van der Waals surface area (Å²) in [4.78, 5) is 8.50. The second-order valence-electron chi connectivity index (χ2n) is 7.92. The molecule has 1 heterocycles. The van der Waals surface area contributed by atoms with Gasteiger partial charge in [0.1, 0.15) is 15.6 Å². The summed E-state index contributed by atoms with van der Waals surface area (Å²) in [5, 5.41) is 3.07. The number of hydrogen-bond acceptors (Lipinski definition) is 7. The Hall–Kier alpha value is -3.46. The van der Waals surface area contributed by atoms with Gasteiger partial charge in [-0.2, -0.15) is 4.98 Å². The molecule has 0 aliphatic heterocycles. The van der Waals surface area contributed by atoms with E-state index in [0.29, 0.717) is 23.4 Å². The Morgan fingerprint density at radius 3 is 2.85 bits per heavy atom. The van der Waals surface area contributed by atoms with Gasteiger partial charge in [-0.25, -0.2) is 17.8 Å². The zero-order valence-corrected chi connectivity index (χ0v) is 19.2. The van der Waals surface area contributed by atoms with Crippen LogP contribution < -0.4 is 14.8 Å². The molecule has 9 heteroatoms. The standard InChI is InChI=1S/C24H24FN3O4S/c1-16-13-17-7-8-21(23(25)20(17)14-16)32-22-9-10-26-24(28-22)27-18-5-3-6-19(15-18)31-11-4-12-33(2,29)30/h3,5-10,14-15H,4,11-13H2,1-2H3,(H,26,27,28). The normalized spacial score (nSPS) is 12.8. The van der Waals surface area contributed by atoms with Crippen LogP contribution in [-0.4, -0.2) is 37.0 Å². The predicted octanol–water partition coefficient (Wildman–Crippen LogP) is 4.92. The molecule has 0 spiro atoms. The first-order valence-electron chi connectivity index (χ1n) is 10.4. The van der Waals surface area contributed by atoms with Crippen molar-refractivity contribution in [3.63, 3.8) is 0 Å². The molecule has 1 aliphatic rings. The number of anilines is 2. The van der Waals surface area contributed by atoms with Gasteiger partial charge in [-0.1, -0.05) is 23.8 Å². The molecule has 7 nitrogen and oxygen atoms in total. The van der Waals surface area contributed by atoms with Crippen LogP contribution in [0.5, 0.6) is 17.4 Å². The second-order valence-corrected chi connectivity index (χ2v) is 10.2. The average molecular weight is 470 g/mol. The number of nitrogens with zero attached hydrogens (tertiary/aromatic N) is 2. The lowest BCUT2D eigenvalue weighted by Crippen LogP contribution is -2.08. The fourth-order valence-electron chi connectivity index (χ4n) is 3.48. The summed E-state index contributed by atoms with van der Waals surface area (Å²) in [5.41, 5.74) is 3.29. The van der Waals surface area contributed by atoms with E-state index in [1.165, 1.54) is 12.5 Å². The quantitative estimate of drug-likeness (QED) is 0.445. The Kier molecular flexibility index (Phi) is 6.60. The van der Waals surface area contributed by atoms with Crippen LogP contribution in [0.4, 0.5) is 16.0 Å². The summed E-state index contributed by atoms with van der Waals surface area (Å²) in [7, 11) is -3.01. The highest BCUT2D eigenvalue weighted by atomic mass is 32.2. The van der Waals surface area contributed by atoms with Crippen molar-refractivity contribution in [2.24, 2.45) is 0 Å². The molecular formula is C24H24FN3O4S. The molecule has 3 aromatic rings. The molecule has 0 unspecified atom stereocenters. The lowest BCUT2D eigenvalue weighted by atomic mass is 10.1. The van der Waals surface area contributed by atoms with E-state index < -0.39 is 15.7 Å². The van der Waals surface area contributed by atoms with Crippen LogP contribution in [-0.2, 0) is 16.3 Å². The first-order chi connectivity index (χ1) is 15.8. The first kappa shape index (κ1) is 22.7. The average Bonchev–Trinajstić information content (AvgIpc) is 3.15. The lowest BCUT2D eigenvalue weighted by Gasteiger charge is -2.11. The Balaban J connectivity index is 1.41. The maximum Gasteiger partial charge on any atom is 0.230 e. The number of ether oxygens (including phenoxy) is 2. The molecule has 1 N–H and O–H groups in total. The molecule has 1 aromatic heterocycles. The third-order valence-electron chi connectivity index (χ3n) is 4.96. The van der Waals surface area contributed by atoms with Crippen LogP contribution in [0, 0.1) is 5.82 Å². The van der Waals surface area contributed by atoms with Gasteiger partial charge in [-0.15, -0.1) is 0 Å². The summed E-state index contributed by atoms with van der Waals surface area (Å²) in [5.74, 6) is 0.848. The second kappa shape index (κ2) is 9.58. The van der Waals surface area contributed by atoms with E-state index >= 15 is 0 Å². The van der Waals surface area contributed by atoms with Crippen molar-refractivity contribution in [1.82, 2.24) is 9.97 Å². The number of allylic oxidation sites excluding steroid dienone is 1. The van der Waals surface area contributed by atoms with E-state index in [4.69, 9.17) is 9.47 Å². The predicted molar refractivity (Wildman–Crippen MR) is 125 cm³/mol. The smallest absolute Gasteiger partial charge is 0.230 e. The van der Waals surface area contributed by atoms with Crippen molar-refractivity contribution in [3.8, 4) is 17.4 Å². The molecule has 2 aromatic carbocycles. The van der Waals surface area contributed by atoms with E-state index in [-0.39, 0.29) is 29.9 Å². The number of aromatic nitrogens is 2. The highest BCUT2D eigenvalue weighted by molar-refractivity contribution is 7.90. The fraction of sp³-hybridized carbons (Fsp3) is 0.250. The van der Waals surface area contributed by atoms with Gasteiger partial charge in [0.15, 0.2) is 11.6 Å². The van der Waals surface area contributed by atoms with Gasteiger partial charge >= 0.3 is 0 Å².